The van der Waals surface area contributed by atoms with Gasteiger partial charge in [0.25, 0.3) is 0 Å². The zero-order chi connectivity index (χ0) is 23.2. The average Bonchev–Trinajstić information content (AvgIpc) is 2.83. The molecule has 3 aromatic carbocycles. The number of hydrogen-bond donors (Lipinski definition) is 3. The summed E-state index contributed by atoms with van der Waals surface area (Å²) in [7, 11) is 0. The van der Waals surface area contributed by atoms with Crippen molar-refractivity contribution in [2.45, 2.75) is 25.0 Å². The smallest absolute Gasteiger partial charge is 0.335 e. The van der Waals surface area contributed by atoms with E-state index in [1.807, 2.05) is 24.3 Å². The van der Waals surface area contributed by atoms with Crippen LogP contribution in [0.5, 0.6) is 11.5 Å². The van der Waals surface area contributed by atoms with E-state index >= 15 is 0 Å². The van der Waals surface area contributed by atoms with Crippen molar-refractivity contribution < 1.29 is 28.9 Å². The van der Waals surface area contributed by atoms with Crippen LogP contribution in [0.15, 0.2) is 66.7 Å². The van der Waals surface area contributed by atoms with Gasteiger partial charge in [0.05, 0.1) is 5.56 Å². The van der Waals surface area contributed by atoms with Gasteiger partial charge < -0.3 is 25.0 Å². The zero-order valence-electron chi connectivity index (χ0n) is 18.0. The first-order valence-electron chi connectivity index (χ1n) is 10.9. The number of carboxylic acid groups (broad SMARTS) is 1. The van der Waals surface area contributed by atoms with Crippen LogP contribution in [0.2, 0.25) is 0 Å². The van der Waals surface area contributed by atoms with Gasteiger partial charge in [0.15, 0.2) is 11.6 Å². The molecule has 6 nitrogen and oxygen atoms in total. The van der Waals surface area contributed by atoms with Gasteiger partial charge in [-0.3, -0.25) is 0 Å². The summed E-state index contributed by atoms with van der Waals surface area (Å²) >= 11 is 0. The van der Waals surface area contributed by atoms with Crippen LogP contribution in [0.1, 0.15) is 22.3 Å². The number of aromatic carboxylic acids is 1. The number of carboxylic acids is 1. The molecular weight excluding hydrogens is 425 g/mol. The Balaban J connectivity index is 1.25. The van der Waals surface area contributed by atoms with Gasteiger partial charge in [-0.25, -0.2) is 9.18 Å². The lowest BCUT2D eigenvalue weighted by molar-refractivity contribution is 0.0697. The quantitative estimate of drug-likeness (QED) is 0.457. The number of aryl methyl sites for hydroxylation is 1. The maximum Gasteiger partial charge on any atom is 0.335 e. The molecule has 3 aromatic rings. The molecule has 0 bridgehead atoms. The third kappa shape index (κ3) is 5.88. The molecule has 0 aromatic heterocycles. The number of hydrogen-bond acceptors (Lipinski definition) is 5. The fourth-order valence-electron chi connectivity index (χ4n) is 3.79. The van der Waals surface area contributed by atoms with Gasteiger partial charge in [0.1, 0.15) is 24.6 Å². The van der Waals surface area contributed by atoms with Gasteiger partial charge in [0, 0.05) is 13.1 Å². The van der Waals surface area contributed by atoms with Gasteiger partial charge in [-0.15, -0.1) is 0 Å². The number of fused-ring (bicyclic) bond motifs is 1. The topological polar surface area (TPSA) is 88.0 Å². The summed E-state index contributed by atoms with van der Waals surface area (Å²) < 4.78 is 25.0. The highest BCUT2D eigenvalue weighted by atomic mass is 19.1. The molecule has 1 heterocycles. The van der Waals surface area contributed by atoms with Crippen molar-refractivity contribution in [2.24, 2.45) is 0 Å². The van der Waals surface area contributed by atoms with E-state index in [0.717, 1.165) is 35.3 Å². The largest absolute Gasteiger partial charge is 0.489 e. The molecule has 4 rings (SSSR count). The van der Waals surface area contributed by atoms with Crippen molar-refractivity contribution in [3.05, 3.63) is 83.7 Å². The van der Waals surface area contributed by atoms with E-state index in [9.17, 15) is 14.3 Å². The van der Waals surface area contributed by atoms with E-state index in [-0.39, 0.29) is 24.0 Å². The molecule has 3 N–H and O–H groups in total. The summed E-state index contributed by atoms with van der Waals surface area (Å²) in [5, 5.41) is 22.3. The Kier molecular flexibility index (Phi) is 7.22. The SMILES string of the molecule is O=C(O)c1ccc(-c2ccc3c(c2)CCC(CNCC(O)COc2ccccc2F)O3)cc1. The fraction of sp³-hybridized carbons (Fsp3) is 0.269. The summed E-state index contributed by atoms with van der Waals surface area (Å²) in [6, 6.07) is 18.9. The summed E-state index contributed by atoms with van der Waals surface area (Å²) in [6.45, 7) is 0.888. The molecule has 7 heteroatoms. The van der Waals surface area contributed by atoms with Crippen molar-refractivity contribution in [2.75, 3.05) is 19.7 Å². The number of aliphatic hydroxyl groups excluding tert-OH is 1. The Hall–Kier alpha value is -3.42. The third-order valence-electron chi connectivity index (χ3n) is 5.57. The predicted octanol–water partition coefficient (Wildman–Crippen LogP) is 3.91. The van der Waals surface area contributed by atoms with E-state index in [1.165, 1.54) is 12.1 Å². The minimum absolute atomic E-state index is 0.00148. The minimum atomic E-state index is -0.940. The molecule has 0 radical (unpaired) electrons. The molecule has 2 atom stereocenters. The molecular formula is C26H26FNO5. The van der Waals surface area contributed by atoms with Crippen LogP contribution >= 0.6 is 0 Å². The fourth-order valence-corrected chi connectivity index (χ4v) is 3.79. The van der Waals surface area contributed by atoms with Crippen molar-refractivity contribution in [3.63, 3.8) is 0 Å². The maximum absolute atomic E-state index is 13.6. The molecule has 2 unspecified atom stereocenters. The summed E-state index contributed by atoms with van der Waals surface area (Å²) in [5.41, 5.74) is 3.35. The molecule has 172 valence electrons. The number of halogens is 1. The van der Waals surface area contributed by atoms with E-state index in [4.69, 9.17) is 14.6 Å². The number of rotatable bonds is 9. The first-order valence-corrected chi connectivity index (χ1v) is 10.9. The van der Waals surface area contributed by atoms with Gasteiger partial charge in [0.2, 0.25) is 0 Å². The van der Waals surface area contributed by atoms with Crippen LogP contribution in [0.25, 0.3) is 11.1 Å². The van der Waals surface area contributed by atoms with E-state index in [1.54, 1.807) is 24.3 Å². The van der Waals surface area contributed by atoms with Crippen molar-refractivity contribution in [1.29, 1.82) is 0 Å². The first-order chi connectivity index (χ1) is 16.0. The monoisotopic (exact) mass is 451 g/mol. The Bertz CT molecular complexity index is 1100. The summed E-state index contributed by atoms with van der Waals surface area (Å²) in [6.07, 6.45) is 0.915. The summed E-state index contributed by atoms with van der Waals surface area (Å²) in [4.78, 5) is 11.0. The van der Waals surface area contributed by atoms with Gasteiger partial charge in [-0.05, 0) is 65.9 Å². The Morgan fingerprint density at radius 2 is 1.88 bits per heavy atom. The second kappa shape index (κ2) is 10.5. The molecule has 1 aliphatic rings. The highest BCUT2D eigenvalue weighted by molar-refractivity contribution is 5.88. The molecule has 0 fully saturated rings. The standard InChI is InChI=1S/C26H26FNO5/c27-23-3-1-2-4-25(23)32-16-21(29)14-28-15-22-11-9-20-13-19(10-12-24(20)33-22)17-5-7-18(8-6-17)26(30)31/h1-8,10,12-13,21-22,28-29H,9,11,14-16H2,(H,30,31). The number of para-hydroxylation sites is 1. The summed E-state index contributed by atoms with van der Waals surface area (Å²) in [5.74, 6) is -0.430. The number of nitrogens with one attached hydrogen (secondary N) is 1. The molecule has 1 aliphatic heterocycles. The van der Waals surface area contributed by atoms with E-state index in [0.29, 0.717) is 13.1 Å². The highest BCUT2D eigenvalue weighted by Crippen LogP contribution is 2.32. The van der Waals surface area contributed by atoms with Crippen molar-refractivity contribution >= 4 is 5.97 Å². The van der Waals surface area contributed by atoms with Crippen LogP contribution in [0.4, 0.5) is 4.39 Å². The molecule has 33 heavy (non-hydrogen) atoms. The molecule has 0 aliphatic carbocycles. The highest BCUT2D eigenvalue weighted by Gasteiger charge is 2.20. The van der Waals surface area contributed by atoms with Crippen LogP contribution in [0.3, 0.4) is 0 Å². The number of benzene rings is 3. The average molecular weight is 451 g/mol. The molecule has 0 amide bonds. The molecule has 0 saturated heterocycles. The van der Waals surface area contributed by atoms with Gasteiger partial charge in [-0.1, -0.05) is 30.3 Å². The van der Waals surface area contributed by atoms with Crippen LogP contribution in [-0.4, -0.2) is 48.1 Å². The first kappa shape index (κ1) is 22.8. The molecule has 0 spiro atoms. The van der Waals surface area contributed by atoms with Crippen LogP contribution < -0.4 is 14.8 Å². The minimum Gasteiger partial charge on any atom is -0.489 e. The second-order valence-corrected chi connectivity index (χ2v) is 8.04. The lowest BCUT2D eigenvalue weighted by Gasteiger charge is -2.27. The lowest BCUT2D eigenvalue weighted by Crippen LogP contribution is -2.39. The molecule has 0 saturated carbocycles. The zero-order valence-corrected chi connectivity index (χ0v) is 18.0. The normalized spacial score (nSPS) is 15.9. The maximum atomic E-state index is 13.6. The van der Waals surface area contributed by atoms with Crippen molar-refractivity contribution in [3.8, 4) is 22.6 Å². The number of ether oxygens (including phenoxy) is 2. The Morgan fingerprint density at radius 1 is 1.12 bits per heavy atom. The van der Waals surface area contributed by atoms with Crippen LogP contribution in [-0.2, 0) is 6.42 Å². The lowest BCUT2D eigenvalue weighted by atomic mass is 9.96. The second-order valence-electron chi connectivity index (χ2n) is 8.04. The van der Waals surface area contributed by atoms with E-state index in [2.05, 4.69) is 11.4 Å². The Morgan fingerprint density at radius 3 is 2.64 bits per heavy atom. The van der Waals surface area contributed by atoms with Gasteiger partial charge in [-0.2, -0.15) is 0 Å². The van der Waals surface area contributed by atoms with Crippen LogP contribution in [0, 0.1) is 5.82 Å². The number of carbonyl (C=O) groups is 1. The van der Waals surface area contributed by atoms with E-state index < -0.39 is 17.9 Å². The third-order valence-corrected chi connectivity index (χ3v) is 5.57. The Labute approximate surface area is 191 Å². The van der Waals surface area contributed by atoms with Gasteiger partial charge >= 0.3 is 5.97 Å². The van der Waals surface area contributed by atoms with Crippen molar-refractivity contribution in [1.82, 2.24) is 5.32 Å². The number of aliphatic hydroxyl groups is 1. The predicted molar refractivity (Wildman–Crippen MR) is 122 cm³/mol.